The van der Waals surface area contributed by atoms with E-state index in [1.54, 1.807) is 0 Å². The van der Waals surface area contributed by atoms with E-state index in [-0.39, 0.29) is 0 Å². The third kappa shape index (κ3) is 3.06. The van der Waals surface area contributed by atoms with E-state index >= 15 is 0 Å². The van der Waals surface area contributed by atoms with E-state index in [4.69, 9.17) is 0 Å². The lowest BCUT2D eigenvalue weighted by molar-refractivity contribution is -0.0767. The van der Waals surface area contributed by atoms with Crippen LogP contribution in [0.5, 0.6) is 0 Å². The zero-order valence-electron chi connectivity index (χ0n) is 12.4. The average molecular weight is 273 g/mol. The quantitative estimate of drug-likeness (QED) is 0.898. The molecule has 2 unspecified atom stereocenters. The number of aliphatic hydroxyl groups is 1. The summed E-state index contributed by atoms with van der Waals surface area (Å²) in [7, 11) is 0. The van der Waals surface area contributed by atoms with Crippen LogP contribution >= 0.6 is 0 Å². The smallest absolute Gasteiger partial charge is 0.0719 e. The van der Waals surface area contributed by atoms with Gasteiger partial charge in [-0.2, -0.15) is 0 Å². The Hall–Kier alpha value is -0.890. The molecule has 1 aromatic rings. The van der Waals surface area contributed by atoms with Gasteiger partial charge in [0.15, 0.2) is 0 Å². The van der Waals surface area contributed by atoms with Crippen molar-refractivity contribution in [1.29, 1.82) is 0 Å². The van der Waals surface area contributed by atoms with E-state index in [9.17, 15) is 5.11 Å². The lowest BCUT2D eigenvalue weighted by Gasteiger charge is -2.45. The summed E-state index contributed by atoms with van der Waals surface area (Å²) in [5, 5.41) is 11.3. The number of nitrogens with zero attached hydrogens (tertiary/aromatic N) is 1. The normalized spacial score (nSPS) is 32.1. The van der Waals surface area contributed by atoms with Gasteiger partial charge in [-0.3, -0.25) is 4.98 Å². The van der Waals surface area contributed by atoms with Gasteiger partial charge in [0.1, 0.15) is 0 Å². The van der Waals surface area contributed by atoms with Gasteiger partial charge in [-0.05, 0) is 36.3 Å². The van der Waals surface area contributed by atoms with Gasteiger partial charge in [0.2, 0.25) is 0 Å². The van der Waals surface area contributed by atoms with Crippen LogP contribution in [-0.2, 0) is 6.42 Å². The minimum atomic E-state index is -0.483. The highest BCUT2D eigenvalue weighted by Gasteiger charge is 2.42. The fraction of sp³-hybridized carbons (Fsp3) is 0.722. The molecule has 2 atom stereocenters. The molecular formula is C18H27NO. The maximum absolute atomic E-state index is 11.3. The molecule has 2 aliphatic rings. The Morgan fingerprint density at radius 2 is 1.90 bits per heavy atom. The molecule has 2 aliphatic carbocycles. The van der Waals surface area contributed by atoms with Crippen molar-refractivity contribution in [3.05, 3.63) is 30.1 Å². The first-order valence-electron chi connectivity index (χ1n) is 8.39. The van der Waals surface area contributed by atoms with Crippen LogP contribution in [0.25, 0.3) is 0 Å². The lowest BCUT2D eigenvalue weighted by atomic mass is 9.64. The first kappa shape index (κ1) is 14.1. The number of aromatic nitrogens is 1. The molecule has 1 N–H and O–H groups in total. The van der Waals surface area contributed by atoms with Gasteiger partial charge in [0, 0.05) is 18.8 Å². The Morgan fingerprint density at radius 3 is 2.65 bits per heavy atom. The predicted molar refractivity (Wildman–Crippen MR) is 81.4 cm³/mol. The predicted octanol–water partition coefficient (Wildman–Crippen LogP) is 4.13. The standard InChI is InChI=1S/C18H27NO/c20-18(13-15-7-6-12-19-14-15)11-5-4-10-17(18)16-8-2-1-3-9-16/h6-7,12,14,16-17,20H,1-5,8-11,13H2. The van der Waals surface area contributed by atoms with Gasteiger partial charge < -0.3 is 5.11 Å². The van der Waals surface area contributed by atoms with Crippen molar-refractivity contribution in [2.24, 2.45) is 11.8 Å². The average Bonchev–Trinajstić information content (AvgIpc) is 2.49. The molecule has 20 heavy (non-hydrogen) atoms. The molecule has 0 spiro atoms. The highest BCUT2D eigenvalue weighted by Crippen LogP contribution is 2.45. The Morgan fingerprint density at radius 1 is 1.10 bits per heavy atom. The minimum absolute atomic E-state index is 0.483. The Balaban J connectivity index is 1.76. The van der Waals surface area contributed by atoms with Crippen LogP contribution in [0.1, 0.15) is 63.4 Å². The van der Waals surface area contributed by atoms with E-state index < -0.39 is 5.60 Å². The second-order valence-electron chi connectivity index (χ2n) is 6.89. The molecule has 2 nitrogen and oxygen atoms in total. The summed E-state index contributed by atoms with van der Waals surface area (Å²) in [5.74, 6) is 1.27. The van der Waals surface area contributed by atoms with Crippen molar-refractivity contribution in [1.82, 2.24) is 4.98 Å². The molecule has 0 bridgehead atoms. The fourth-order valence-electron chi connectivity index (χ4n) is 4.54. The first-order valence-corrected chi connectivity index (χ1v) is 8.39. The molecule has 3 rings (SSSR count). The highest BCUT2D eigenvalue weighted by molar-refractivity contribution is 5.13. The second kappa shape index (κ2) is 6.26. The van der Waals surface area contributed by atoms with Crippen LogP contribution in [0, 0.1) is 11.8 Å². The van der Waals surface area contributed by atoms with Crippen LogP contribution in [0.3, 0.4) is 0 Å². The second-order valence-corrected chi connectivity index (χ2v) is 6.89. The van der Waals surface area contributed by atoms with Crippen molar-refractivity contribution in [3.8, 4) is 0 Å². The van der Waals surface area contributed by atoms with Crippen molar-refractivity contribution < 1.29 is 5.11 Å². The van der Waals surface area contributed by atoms with Crippen molar-refractivity contribution >= 4 is 0 Å². The van der Waals surface area contributed by atoms with E-state index in [0.29, 0.717) is 5.92 Å². The summed E-state index contributed by atoms with van der Waals surface area (Å²) in [5.41, 5.74) is 0.709. The molecule has 2 fully saturated rings. The van der Waals surface area contributed by atoms with Crippen LogP contribution in [0.15, 0.2) is 24.5 Å². The number of hydrogen-bond acceptors (Lipinski definition) is 2. The molecule has 110 valence electrons. The molecule has 0 radical (unpaired) electrons. The number of rotatable bonds is 3. The Labute approximate surface area is 122 Å². The van der Waals surface area contributed by atoms with Gasteiger partial charge in [-0.1, -0.05) is 51.0 Å². The van der Waals surface area contributed by atoms with Crippen LogP contribution in [0.2, 0.25) is 0 Å². The van der Waals surface area contributed by atoms with E-state index in [2.05, 4.69) is 11.1 Å². The molecular weight excluding hydrogens is 246 g/mol. The monoisotopic (exact) mass is 273 g/mol. The largest absolute Gasteiger partial charge is 0.389 e. The number of hydrogen-bond donors (Lipinski definition) is 1. The third-order valence-electron chi connectivity index (χ3n) is 5.52. The van der Waals surface area contributed by atoms with Crippen molar-refractivity contribution in [3.63, 3.8) is 0 Å². The maximum Gasteiger partial charge on any atom is 0.0719 e. The van der Waals surface area contributed by atoms with E-state index in [0.717, 1.165) is 18.8 Å². The summed E-state index contributed by atoms with van der Waals surface area (Å²) in [6, 6.07) is 4.09. The zero-order valence-corrected chi connectivity index (χ0v) is 12.4. The first-order chi connectivity index (χ1) is 9.78. The SMILES string of the molecule is OC1(Cc2cccnc2)CCCCC1C1CCCCC1. The third-order valence-corrected chi connectivity index (χ3v) is 5.52. The summed E-state index contributed by atoms with van der Waals surface area (Å²) in [6.45, 7) is 0. The highest BCUT2D eigenvalue weighted by atomic mass is 16.3. The minimum Gasteiger partial charge on any atom is -0.389 e. The molecule has 1 heterocycles. The Bertz CT molecular complexity index is 413. The van der Waals surface area contributed by atoms with E-state index in [1.807, 2.05) is 18.5 Å². The van der Waals surface area contributed by atoms with Crippen molar-refractivity contribution in [2.45, 2.75) is 69.8 Å². The van der Waals surface area contributed by atoms with Gasteiger partial charge in [0.25, 0.3) is 0 Å². The molecule has 1 aromatic heterocycles. The van der Waals surface area contributed by atoms with E-state index in [1.165, 1.54) is 56.9 Å². The summed E-state index contributed by atoms with van der Waals surface area (Å²) >= 11 is 0. The van der Waals surface area contributed by atoms with Crippen molar-refractivity contribution in [2.75, 3.05) is 0 Å². The molecule has 2 saturated carbocycles. The van der Waals surface area contributed by atoms with Crippen LogP contribution in [-0.4, -0.2) is 15.7 Å². The molecule has 0 aromatic carbocycles. The molecule has 0 aliphatic heterocycles. The van der Waals surface area contributed by atoms with Gasteiger partial charge in [0.05, 0.1) is 5.60 Å². The Kier molecular flexibility index (Phi) is 4.40. The maximum atomic E-state index is 11.3. The molecule has 0 amide bonds. The van der Waals surface area contributed by atoms with Gasteiger partial charge in [-0.25, -0.2) is 0 Å². The summed E-state index contributed by atoms with van der Waals surface area (Å²) in [4.78, 5) is 4.21. The molecule has 0 saturated heterocycles. The van der Waals surface area contributed by atoms with Gasteiger partial charge in [-0.15, -0.1) is 0 Å². The fourth-order valence-corrected chi connectivity index (χ4v) is 4.54. The summed E-state index contributed by atoms with van der Waals surface area (Å²) in [6.07, 6.45) is 16.0. The zero-order chi connectivity index (χ0) is 13.8. The topological polar surface area (TPSA) is 33.1 Å². The molecule has 2 heteroatoms. The summed E-state index contributed by atoms with van der Waals surface area (Å²) < 4.78 is 0. The van der Waals surface area contributed by atoms with Gasteiger partial charge >= 0.3 is 0 Å². The van der Waals surface area contributed by atoms with Crippen LogP contribution in [0.4, 0.5) is 0 Å². The lowest BCUT2D eigenvalue weighted by Crippen LogP contribution is -2.46. The number of pyridine rings is 1. The van der Waals surface area contributed by atoms with Crippen LogP contribution < -0.4 is 0 Å².